The fourth-order valence-corrected chi connectivity index (χ4v) is 2.77. The highest BCUT2D eigenvalue weighted by Crippen LogP contribution is 2.20. The Balaban J connectivity index is 1.66. The van der Waals surface area contributed by atoms with Crippen LogP contribution in [0.5, 0.6) is 0 Å². The molecule has 28 heavy (non-hydrogen) atoms. The van der Waals surface area contributed by atoms with Crippen LogP contribution in [0.3, 0.4) is 0 Å². The number of carbonyl (C=O) groups excluding carboxylic acids is 2. The van der Waals surface area contributed by atoms with E-state index in [9.17, 15) is 9.59 Å². The van der Waals surface area contributed by atoms with Gasteiger partial charge in [-0.05, 0) is 42.0 Å². The maximum atomic E-state index is 12.7. The first-order chi connectivity index (χ1) is 13.5. The Hall–Kier alpha value is -3.60. The molecule has 0 spiro atoms. The van der Waals surface area contributed by atoms with Gasteiger partial charge in [-0.25, -0.2) is 0 Å². The van der Waals surface area contributed by atoms with Crippen LogP contribution in [-0.4, -0.2) is 30.8 Å². The van der Waals surface area contributed by atoms with Gasteiger partial charge >= 0.3 is 0 Å². The van der Waals surface area contributed by atoms with Crippen molar-refractivity contribution >= 4 is 23.2 Å². The molecule has 3 aromatic carbocycles. The van der Waals surface area contributed by atoms with Gasteiger partial charge < -0.3 is 15.5 Å². The highest BCUT2D eigenvalue weighted by molar-refractivity contribution is 6.00. The third kappa shape index (κ3) is 4.76. The van der Waals surface area contributed by atoms with Crippen molar-refractivity contribution < 1.29 is 9.59 Å². The summed E-state index contributed by atoms with van der Waals surface area (Å²) in [5, 5.41) is 6.22. The lowest BCUT2D eigenvalue weighted by Gasteiger charge is -2.13. The van der Waals surface area contributed by atoms with E-state index in [-0.39, 0.29) is 11.8 Å². The topological polar surface area (TPSA) is 61.4 Å². The second-order valence-corrected chi connectivity index (χ2v) is 6.62. The smallest absolute Gasteiger partial charge is 0.253 e. The lowest BCUT2D eigenvalue weighted by Crippen LogP contribution is -2.24. The highest BCUT2D eigenvalue weighted by Gasteiger charge is 2.11. The number of nitrogens with zero attached hydrogens (tertiary/aromatic N) is 1. The van der Waals surface area contributed by atoms with Gasteiger partial charge in [0.25, 0.3) is 11.8 Å². The lowest BCUT2D eigenvalue weighted by molar-refractivity contribution is 0.0827. The predicted octanol–water partition coefficient (Wildman–Crippen LogP) is 4.06. The van der Waals surface area contributed by atoms with Gasteiger partial charge in [-0.15, -0.1) is 0 Å². The molecule has 0 unspecified atom stereocenters. The van der Waals surface area contributed by atoms with Gasteiger partial charge in [0.1, 0.15) is 0 Å². The van der Waals surface area contributed by atoms with Gasteiger partial charge in [0.2, 0.25) is 0 Å². The van der Waals surface area contributed by atoms with E-state index in [0.29, 0.717) is 17.7 Å². The van der Waals surface area contributed by atoms with Crippen LogP contribution in [0.1, 0.15) is 26.3 Å². The van der Waals surface area contributed by atoms with Gasteiger partial charge in [0.15, 0.2) is 0 Å². The molecule has 0 aliphatic heterocycles. The molecule has 0 aliphatic carbocycles. The normalized spacial score (nSPS) is 10.2. The van der Waals surface area contributed by atoms with E-state index in [4.69, 9.17) is 0 Å². The van der Waals surface area contributed by atoms with E-state index in [2.05, 4.69) is 10.6 Å². The van der Waals surface area contributed by atoms with Crippen LogP contribution in [0.4, 0.5) is 11.4 Å². The van der Waals surface area contributed by atoms with Crippen LogP contribution in [0.25, 0.3) is 0 Å². The molecule has 5 heteroatoms. The fourth-order valence-electron chi connectivity index (χ4n) is 2.77. The van der Waals surface area contributed by atoms with Crippen molar-refractivity contribution in [3.8, 4) is 0 Å². The Morgan fingerprint density at radius 3 is 2.14 bits per heavy atom. The Kier molecular flexibility index (Phi) is 6.07. The van der Waals surface area contributed by atoms with E-state index < -0.39 is 0 Å². The summed E-state index contributed by atoms with van der Waals surface area (Å²) in [6, 6.07) is 24.4. The molecule has 5 nitrogen and oxygen atoms in total. The molecule has 0 heterocycles. The van der Waals surface area contributed by atoms with Crippen LogP contribution >= 0.6 is 0 Å². The summed E-state index contributed by atoms with van der Waals surface area (Å²) >= 11 is 0. The maximum Gasteiger partial charge on any atom is 0.253 e. The molecule has 0 atom stereocenters. The SMILES string of the molecule is CN(C)C(=O)c1ccc(CNC(=O)c2ccccc2Nc2ccccc2)cc1. The largest absolute Gasteiger partial charge is 0.355 e. The number of para-hydroxylation sites is 2. The lowest BCUT2D eigenvalue weighted by atomic mass is 10.1. The Bertz CT molecular complexity index is 951. The summed E-state index contributed by atoms with van der Waals surface area (Å²) < 4.78 is 0. The Morgan fingerprint density at radius 1 is 0.821 bits per heavy atom. The molecule has 0 aliphatic rings. The van der Waals surface area contributed by atoms with E-state index in [0.717, 1.165) is 16.9 Å². The number of amides is 2. The molecule has 3 rings (SSSR count). The standard InChI is InChI=1S/C23H23N3O2/c1-26(2)23(28)18-14-12-17(13-15-18)16-24-22(27)20-10-6-7-11-21(20)25-19-8-4-3-5-9-19/h3-15,25H,16H2,1-2H3,(H,24,27). The van der Waals surface area contributed by atoms with Gasteiger partial charge in [-0.2, -0.15) is 0 Å². The van der Waals surface area contributed by atoms with Crippen molar-refractivity contribution in [2.75, 3.05) is 19.4 Å². The molecule has 0 radical (unpaired) electrons. The van der Waals surface area contributed by atoms with Gasteiger partial charge in [-0.3, -0.25) is 9.59 Å². The molecule has 0 saturated carbocycles. The number of hydrogen-bond acceptors (Lipinski definition) is 3. The molecule has 2 amide bonds. The average Bonchev–Trinajstić information content (AvgIpc) is 2.73. The fraction of sp³-hybridized carbons (Fsp3) is 0.130. The maximum absolute atomic E-state index is 12.7. The van der Waals surface area contributed by atoms with Crippen LogP contribution in [0.2, 0.25) is 0 Å². The summed E-state index contributed by atoms with van der Waals surface area (Å²) in [6.45, 7) is 0.384. The first-order valence-electron chi connectivity index (χ1n) is 9.04. The van der Waals surface area contributed by atoms with E-state index in [1.165, 1.54) is 4.90 Å². The first-order valence-corrected chi connectivity index (χ1v) is 9.04. The molecule has 0 aromatic heterocycles. The molecule has 0 fully saturated rings. The van der Waals surface area contributed by atoms with Gasteiger partial charge in [0.05, 0.1) is 11.3 Å². The van der Waals surface area contributed by atoms with Crippen LogP contribution in [0.15, 0.2) is 78.9 Å². The van der Waals surface area contributed by atoms with Crippen molar-refractivity contribution in [1.82, 2.24) is 10.2 Å². The van der Waals surface area contributed by atoms with Gasteiger partial charge in [0, 0.05) is 31.9 Å². The van der Waals surface area contributed by atoms with Crippen LogP contribution < -0.4 is 10.6 Å². The van der Waals surface area contributed by atoms with Crippen molar-refractivity contribution in [2.45, 2.75) is 6.54 Å². The number of nitrogens with one attached hydrogen (secondary N) is 2. The Labute approximate surface area is 165 Å². The van der Waals surface area contributed by atoms with Gasteiger partial charge in [-0.1, -0.05) is 42.5 Å². The quantitative estimate of drug-likeness (QED) is 0.685. The van der Waals surface area contributed by atoms with Crippen molar-refractivity contribution in [1.29, 1.82) is 0 Å². The molecule has 0 bridgehead atoms. The minimum atomic E-state index is -0.160. The minimum Gasteiger partial charge on any atom is -0.355 e. The molecule has 0 saturated heterocycles. The van der Waals surface area contributed by atoms with E-state index in [1.807, 2.05) is 60.7 Å². The van der Waals surface area contributed by atoms with Crippen molar-refractivity contribution in [3.63, 3.8) is 0 Å². The number of hydrogen-bond donors (Lipinski definition) is 2. The summed E-state index contributed by atoms with van der Waals surface area (Å²) in [7, 11) is 3.44. The van der Waals surface area contributed by atoms with Crippen molar-refractivity contribution in [3.05, 3.63) is 95.6 Å². The summed E-state index contributed by atoms with van der Waals surface area (Å²) in [6.07, 6.45) is 0. The zero-order chi connectivity index (χ0) is 19.9. The summed E-state index contributed by atoms with van der Waals surface area (Å²) in [5.41, 5.74) is 3.79. The molecule has 142 valence electrons. The molecular weight excluding hydrogens is 350 g/mol. The Morgan fingerprint density at radius 2 is 1.46 bits per heavy atom. The summed E-state index contributed by atoms with van der Waals surface area (Å²) in [4.78, 5) is 26.2. The zero-order valence-corrected chi connectivity index (χ0v) is 16.0. The van der Waals surface area contributed by atoms with Crippen LogP contribution in [0, 0.1) is 0 Å². The monoisotopic (exact) mass is 373 g/mol. The summed E-state index contributed by atoms with van der Waals surface area (Å²) in [5.74, 6) is -0.205. The third-order valence-corrected chi connectivity index (χ3v) is 4.28. The highest BCUT2D eigenvalue weighted by atomic mass is 16.2. The van der Waals surface area contributed by atoms with E-state index in [1.54, 1.807) is 32.3 Å². The minimum absolute atomic E-state index is 0.0449. The number of rotatable bonds is 6. The number of benzene rings is 3. The molecular formula is C23H23N3O2. The predicted molar refractivity (Wildman–Crippen MR) is 112 cm³/mol. The second kappa shape index (κ2) is 8.86. The number of anilines is 2. The van der Waals surface area contributed by atoms with E-state index >= 15 is 0 Å². The average molecular weight is 373 g/mol. The van der Waals surface area contributed by atoms with Crippen molar-refractivity contribution in [2.24, 2.45) is 0 Å². The second-order valence-electron chi connectivity index (χ2n) is 6.62. The molecule has 3 aromatic rings. The zero-order valence-electron chi connectivity index (χ0n) is 16.0. The first kappa shape index (κ1) is 19.2. The number of carbonyl (C=O) groups is 2. The third-order valence-electron chi connectivity index (χ3n) is 4.28. The molecule has 2 N–H and O–H groups in total. The van der Waals surface area contributed by atoms with Crippen LogP contribution in [-0.2, 0) is 6.54 Å².